The normalized spacial score (nSPS) is 14.1. The molecule has 0 aromatic heterocycles. The molecule has 1 heteroatoms. The van der Waals surface area contributed by atoms with Gasteiger partial charge in [0.25, 0.3) is 0 Å². The third-order valence-corrected chi connectivity index (χ3v) is 3.42. The van der Waals surface area contributed by atoms with Crippen molar-refractivity contribution in [1.29, 1.82) is 0 Å². The third-order valence-electron chi connectivity index (χ3n) is 3.42. The average molecular weight is 243 g/mol. The van der Waals surface area contributed by atoms with Crippen LogP contribution in [0.3, 0.4) is 0 Å². The van der Waals surface area contributed by atoms with E-state index in [1.807, 2.05) is 13.8 Å². The summed E-state index contributed by atoms with van der Waals surface area (Å²) in [5, 5.41) is 0. The molecule has 106 valence electrons. The van der Waals surface area contributed by atoms with Gasteiger partial charge in [-0.15, -0.1) is 0 Å². The van der Waals surface area contributed by atoms with Crippen LogP contribution in [0.15, 0.2) is 0 Å². The van der Waals surface area contributed by atoms with Crippen molar-refractivity contribution in [3.8, 4) is 0 Å². The first-order valence-corrected chi connectivity index (χ1v) is 7.89. The van der Waals surface area contributed by atoms with E-state index in [-0.39, 0.29) is 0 Å². The largest absolute Gasteiger partial charge is 0.301 e. The maximum Gasteiger partial charge on any atom is 0.00670 e. The molecule has 0 aliphatic carbocycles. The molecule has 0 aromatic carbocycles. The minimum Gasteiger partial charge on any atom is -0.301 e. The van der Waals surface area contributed by atoms with E-state index in [0.717, 1.165) is 12.0 Å². The Morgan fingerprint density at radius 2 is 1.29 bits per heavy atom. The molecule has 0 aromatic rings. The lowest BCUT2D eigenvalue weighted by Crippen LogP contribution is -2.34. The Balaban J connectivity index is 0. The molecular weight excluding hydrogens is 206 g/mol. The van der Waals surface area contributed by atoms with Gasteiger partial charge in [-0.3, -0.25) is 0 Å². The molecule has 2 atom stereocenters. The van der Waals surface area contributed by atoms with Crippen LogP contribution in [-0.4, -0.2) is 24.0 Å². The van der Waals surface area contributed by atoms with E-state index in [2.05, 4.69) is 39.5 Å². The van der Waals surface area contributed by atoms with Crippen molar-refractivity contribution in [3.05, 3.63) is 0 Å². The molecule has 0 fully saturated rings. The maximum absolute atomic E-state index is 2.66. The molecule has 0 rings (SSSR count). The van der Waals surface area contributed by atoms with E-state index in [9.17, 15) is 0 Å². The predicted octanol–water partition coefficient (Wildman–Crippen LogP) is 5.35. The van der Waals surface area contributed by atoms with Gasteiger partial charge in [0.1, 0.15) is 0 Å². The fraction of sp³-hybridized carbons (Fsp3) is 1.00. The highest BCUT2D eigenvalue weighted by molar-refractivity contribution is 4.67. The predicted molar refractivity (Wildman–Crippen MR) is 81.7 cm³/mol. The Morgan fingerprint density at radius 3 is 1.65 bits per heavy atom. The van der Waals surface area contributed by atoms with Crippen LogP contribution in [0.4, 0.5) is 0 Å². The topological polar surface area (TPSA) is 3.24 Å². The zero-order valence-electron chi connectivity index (χ0n) is 13.6. The molecule has 0 radical (unpaired) electrons. The van der Waals surface area contributed by atoms with Crippen molar-refractivity contribution in [2.24, 2.45) is 5.92 Å². The second kappa shape index (κ2) is 14.0. The Kier molecular flexibility index (Phi) is 15.9. The van der Waals surface area contributed by atoms with Crippen molar-refractivity contribution in [2.45, 2.75) is 86.6 Å². The second-order valence-corrected chi connectivity index (χ2v) is 4.98. The summed E-state index contributed by atoms with van der Waals surface area (Å²) in [6.45, 7) is 18.2. The monoisotopic (exact) mass is 243 g/mol. The van der Waals surface area contributed by atoms with Crippen LogP contribution in [-0.2, 0) is 0 Å². The van der Waals surface area contributed by atoms with Crippen molar-refractivity contribution in [3.63, 3.8) is 0 Å². The number of hydrogen-bond acceptors (Lipinski definition) is 1. The van der Waals surface area contributed by atoms with Gasteiger partial charge in [0, 0.05) is 6.04 Å². The quantitative estimate of drug-likeness (QED) is 0.527. The lowest BCUT2D eigenvalue weighted by atomic mass is 9.99. The molecule has 0 heterocycles. The lowest BCUT2D eigenvalue weighted by molar-refractivity contribution is 0.191. The van der Waals surface area contributed by atoms with E-state index in [0.29, 0.717) is 0 Å². The molecule has 17 heavy (non-hydrogen) atoms. The maximum atomic E-state index is 2.66. The molecule has 0 saturated heterocycles. The molecule has 0 aliphatic heterocycles. The molecular formula is C16H37N. The fourth-order valence-corrected chi connectivity index (χ4v) is 2.04. The molecule has 0 amide bonds. The summed E-state index contributed by atoms with van der Waals surface area (Å²) >= 11 is 0. The van der Waals surface area contributed by atoms with Crippen LogP contribution in [0.1, 0.15) is 80.6 Å². The van der Waals surface area contributed by atoms with Crippen LogP contribution in [0, 0.1) is 5.92 Å². The summed E-state index contributed by atoms with van der Waals surface area (Å²) in [6.07, 6.45) is 6.66. The lowest BCUT2D eigenvalue weighted by Gasteiger charge is -2.29. The van der Waals surface area contributed by atoms with Crippen molar-refractivity contribution in [2.75, 3.05) is 13.1 Å². The van der Waals surface area contributed by atoms with E-state index < -0.39 is 0 Å². The minimum atomic E-state index is 0.777. The van der Waals surface area contributed by atoms with E-state index in [4.69, 9.17) is 0 Å². The van der Waals surface area contributed by atoms with Crippen LogP contribution in [0.25, 0.3) is 0 Å². The molecule has 2 unspecified atom stereocenters. The molecule has 0 spiro atoms. The molecule has 1 nitrogen and oxygen atoms in total. The van der Waals surface area contributed by atoms with Crippen molar-refractivity contribution >= 4 is 0 Å². The highest BCUT2D eigenvalue weighted by Gasteiger charge is 2.12. The SMILES string of the molecule is CC.CCCN(CCC)C(C)CCC(C)CC. The summed E-state index contributed by atoms with van der Waals surface area (Å²) < 4.78 is 0. The highest BCUT2D eigenvalue weighted by atomic mass is 15.1. The number of hydrogen-bond donors (Lipinski definition) is 0. The van der Waals surface area contributed by atoms with Gasteiger partial charge in [-0.1, -0.05) is 48.0 Å². The first-order valence-electron chi connectivity index (χ1n) is 7.89. The van der Waals surface area contributed by atoms with Crippen LogP contribution >= 0.6 is 0 Å². The highest BCUT2D eigenvalue weighted by Crippen LogP contribution is 2.15. The van der Waals surface area contributed by atoms with Crippen LogP contribution in [0.2, 0.25) is 0 Å². The van der Waals surface area contributed by atoms with Gasteiger partial charge in [-0.2, -0.15) is 0 Å². The fourth-order valence-electron chi connectivity index (χ4n) is 2.04. The second-order valence-electron chi connectivity index (χ2n) is 4.98. The smallest absolute Gasteiger partial charge is 0.00670 e. The summed E-state index contributed by atoms with van der Waals surface area (Å²) in [6, 6.07) is 0.777. The van der Waals surface area contributed by atoms with Gasteiger partial charge in [-0.05, 0) is 51.6 Å². The zero-order valence-corrected chi connectivity index (χ0v) is 13.6. The Bertz CT molecular complexity index is 127. The molecule has 0 N–H and O–H groups in total. The van der Waals surface area contributed by atoms with Crippen LogP contribution < -0.4 is 0 Å². The summed E-state index contributed by atoms with van der Waals surface area (Å²) in [4.78, 5) is 2.66. The Morgan fingerprint density at radius 1 is 0.824 bits per heavy atom. The molecule has 0 aliphatic rings. The summed E-state index contributed by atoms with van der Waals surface area (Å²) in [5.74, 6) is 0.901. The van der Waals surface area contributed by atoms with Crippen molar-refractivity contribution < 1.29 is 0 Å². The Hall–Kier alpha value is -0.0400. The number of nitrogens with zero attached hydrogens (tertiary/aromatic N) is 1. The number of rotatable bonds is 9. The van der Waals surface area contributed by atoms with Crippen molar-refractivity contribution in [1.82, 2.24) is 4.90 Å². The van der Waals surface area contributed by atoms with Gasteiger partial charge in [-0.25, -0.2) is 0 Å². The third kappa shape index (κ3) is 10.8. The average Bonchev–Trinajstić information content (AvgIpc) is 2.37. The van der Waals surface area contributed by atoms with Gasteiger partial charge in [0.2, 0.25) is 0 Å². The van der Waals surface area contributed by atoms with E-state index >= 15 is 0 Å². The van der Waals surface area contributed by atoms with Gasteiger partial charge in [0.05, 0.1) is 0 Å². The first kappa shape index (κ1) is 19.3. The summed E-state index contributed by atoms with van der Waals surface area (Å²) in [7, 11) is 0. The standard InChI is InChI=1S/C14H31N.C2H6/c1-6-11-15(12-7-2)14(5)10-9-13(4)8-3;1-2/h13-14H,6-12H2,1-5H3;1-2H3. The van der Waals surface area contributed by atoms with Gasteiger partial charge in [0.15, 0.2) is 0 Å². The van der Waals surface area contributed by atoms with Gasteiger partial charge < -0.3 is 4.90 Å². The molecule has 0 saturated carbocycles. The van der Waals surface area contributed by atoms with E-state index in [1.165, 1.54) is 45.2 Å². The van der Waals surface area contributed by atoms with Crippen LogP contribution in [0.5, 0.6) is 0 Å². The Labute approximate surface area is 111 Å². The first-order chi connectivity index (χ1) is 8.15. The van der Waals surface area contributed by atoms with Gasteiger partial charge >= 0.3 is 0 Å². The van der Waals surface area contributed by atoms with E-state index in [1.54, 1.807) is 0 Å². The molecule has 0 bridgehead atoms. The zero-order chi connectivity index (χ0) is 13.7. The summed E-state index contributed by atoms with van der Waals surface area (Å²) in [5.41, 5.74) is 0. The minimum absolute atomic E-state index is 0.777.